The lowest BCUT2D eigenvalue weighted by molar-refractivity contribution is 0.181. The van der Waals surface area contributed by atoms with Gasteiger partial charge in [-0.15, -0.1) is 0 Å². The van der Waals surface area contributed by atoms with Crippen molar-refractivity contribution in [2.45, 2.75) is 44.6 Å². The molecule has 1 aromatic heterocycles. The normalized spacial score (nSPS) is 20.1. The molecule has 0 radical (unpaired) electrons. The van der Waals surface area contributed by atoms with Gasteiger partial charge in [0, 0.05) is 29.8 Å². The van der Waals surface area contributed by atoms with Crippen molar-refractivity contribution in [1.82, 2.24) is 9.78 Å². The number of hydrogen-bond donors (Lipinski definition) is 0. The van der Waals surface area contributed by atoms with Crippen molar-refractivity contribution in [3.63, 3.8) is 0 Å². The van der Waals surface area contributed by atoms with Crippen molar-refractivity contribution >= 4 is 19.7 Å². The maximum Gasteiger partial charge on any atom is 0.264 e. The van der Waals surface area contributed by atoms with Gasteiger partial charge in [0.1, 0.15) is 4.90 Å². The fourth-order valence-corrected chi connectivity index (χ4v) is 4.05. The van der Waals surface area contributed by atoms with Crippen molar-refractivity contribution in [3.8, 4) is 0 Å². The van der Waals surface area contributed by atoms with Crippen LogP contribution in [-0.4, -0.2) is 31.4 Å². The van der Waals surface area contributed by atoms with Crippen molar-refractivity contribution < 1.29 is 13.2 Å². The first-order chi connectivity index (χ1) is 8.97. The quantitative estimate of drug-likeness (QED) is 0.780. The molecule has 5 nitrogen and oxygen atoms in total. The minimum Gasteiger partial charge on any atom is -0.381 e. The third-order valence-electron chi connectivity index (χ3n) is 3.45. The molecule has 1 atom stereocenters. The molecule has 1 fully saturated rings. The van der Waals surface area contributed by atoms with Gasteiger partial charge in [0.2, 0.25) is 0 Å². The molecule has 19 heavy (non-hydrogen) atoms. The molecule has 0 saturated carbocycles. The van der Waals surface area contributed by atoms with Crippen LogP contribution in [0.2, 0.25) is 0 Å². The molecule has 0 amide bonds. The third-order valence-corrected chi connectivity index (χ3v) is 4.87. The van der Waals surface area contributed by atoms with E-state index in [0.717, 1.165) is 13.0 Å². The van der Waals surface area contributed by atoms with Crippen LogP contribution >= 0.6 is 10.7 Å². The van der Waals surface area contributed by atoms with Gasteiger partial charge in [0.05, 0.1) is 18.0 Å². The van der Waals surface area contributed by atoms with Crippen LogP contribution in [0, 0.1) is 5.92 Å². The SMILES string of the molecule is CCc1nn(CC2CCOC2)c(CC)c1S(=O)(=O)Cl. The topological polar surface area (TPSA) is 61.2 Å². The average molecular weight is 307 g/mol. The molecule has 1 aliphatic heterocycles. The minimum absolute atomic E-state index is 0.207. The molecule has 0 spiro atoms. The summed E-state index contributed by atoms with van der Waals surface area (Å²) in [5.74, 6) is 0.404. The predicted molar refractivity (Wildman–Crippen MR) is 72.9 cm³/mol. The molecule has 0 N–H and O–H groups in total. The van der Waals surface area contributed by atoms with E-state index in [0.29, 0.717) is 43.3 Å². The van der Waals surface area contributed by atoms with Gasteiger partial charge in [-0.25, -0.2) is 8.42 Å². The van der Waals surface area contributed by atoms with E-state index in [1.54, 1.807) is 4.68 Å². The van der Waals surface area contributed by atoms with Gasteiger partial charge in [0.15, 0.2) is 0 Å². The second-order valence-electron chi connectivity index (χ2n) is 4.78. The molecule has 108 valence electrons. The molecule has 1 saturated heterocycles. The number of halogens is 1. The van der Waals surface area contributed by atoms with Gasteiger partial charge in [-0.1, -0.05) is 13.8 Å². The minimum atomic E-state index is -3.74. The van der Waals surface area contributed by atoms with Crippen LogP contribution in [-0.2, 0) is 33.2 Å². The average Bonchev–Trinajstić information content (AvgIpc) is 2.95. The lowest BCUT2D eigenvalue weighted by Gasteiger charge is -2.10. The molecule has 2 heterocycles. The highest BCUT2D eigenvalue weighted by atomic mass is 35.7. The second kappa shape index (κ2) is 5.81. The summed E-state index contributed by atoms with van der Waals surface area (Å²) in [7, 11) is 1.81. The molecule has 2 rings (SSSR count). The molecule has 7 heteroatoms. The summed E-state index contributed by atoms with van der Waals surface area (Å²) in [6.45, 7) is 5.99. The lowest BCUT2D eigenvalue weighted by Crippen LogP contribution is -2.14. The van der Waals surface area contributed by atoms with Crippen LogP contribution in [0.1, 0.15) is 31.7 Å². The monoisotopic (exact) mass is 306 g/mol. The molecule has 1 aromatic rings. The van der Waals surface area contributed by atoms with E-state index in [9.17, 15) is 8.42 Å². The largest absolute Gasteiger partial charge is 0.381 e. The van der Waals surface area contributed by atoms with Gasteiger partial charge < -0.3 is 4.74 Å². The summed E-state index contributed by atoms with van der Waals surface area (Å²) >= 11 is 0. The lowest BCUT2D eigenvalue weighted by atomic mass is 10.1. The van der Waals surface area contributed by atoms with Crippen LogP contribution in [0.25, 0.3) is 0 Å². The van der Waals surface area contributed by atoms with Crippen LogP contribution in [0.15, 0.2) is 4.90 Å². The Bertz CT molecular complexity index is 548. The Morgan fingerprint density at radius 1 is 1.42 bits per heavy atom. The Morgan fingerprint density at radius 3 is 2.63 bits per heavy atom. The zero-order valence-corrected chi connectivity index (χ0v) is 12.8. The highest BCUT2D eigenvalue weighted by Crippen LogP contribution is 2.27. The summed E-state index contributed by atoms with van der Waals surface area (Å²) in [4.78, 5) is 0.207. The first kappa shape index (κ1) is 14.8. The smallest absolute Gasteiger partial charge is 0.264 e. The van der Waals surface area contributed by atoms with Crippen LogP contribution in [0.4, 0.5) is 0 Å². The Kier molecular flexibility index (Phi) is 4.53. The molecule has 1 unspecified atom stereocenters. The van der Waals surface area contributed by atoms with E-state index in [1.807, 2.05) is 13.8 Å². The number of ether oxygens (including phenoxy) is 1. The Labute approximate surface area is 118 Å². The van der Waals surface area contributed by atoms with Crippen LogP contribution in [0.3, 0.4) is 0 Å². The molecule has 0 aliphatic carbocycles. The van der Waals surface area contributed by atoms with E-state index in [2.05, 4.69) is 5.10 Å². The molecular formula is C12H19ClN2O3S. The van der Waals surface area contributed by atoms with Crippen molar-refractivity contribution in [1.29, 1.82) is 0 Å². The summed E-state index contributed by atoms with van der Waals surface area (Å²) in [5, 5.41) is 4.43. The predicted octanol–water partition coefficient (Wildman–Crippen LogP) is 1.97. The van der Waals surface area contributed by atoms with Gasteiger partial charge in [-0.2, -0.15) is 5.10 Å². The van der Waals surface area contributed by atoms with E-state index in [4.69, 9.17) is 15.4 Å². The Morgan fingerprint density at radius 2 is 2.16 bits per heavy atom. The first-order valence-corrected chi connectivity index (χ1v) is 8.89. The maximum absolute atomic E-state index is 11.7. The van der Waals surface area contributed by atoms with E-state index >= 15 is 0 Å². The Hall–Kier alpha value is -0.590. The summed E-state index contributed by atoms with van der Waals surface area (Å²) < 4.78 is 30.6. The van der Waals surface area contributed by atoms with E-state index in [1.165, 1.54) is 0 Å². The summed E-state index contributed by atoms with van der Waals surface area (Å²) in [5.41, 5.74) is 1.27. The third kappa shape index (κ3) is 3.12. The first-order valence-electron chi connectivity index (χ1n) is 6.58. The number of rotatable bonds is 5. The fraction of sp³-hybridized carbons (Fsp3) is 0.750. The summed E-state index contributed by atoms with van der Waals surface area (Å²) in [6.07, 6.45) is 2.15. The van der Waals surface area contributed by atoms with Gasteiger partial charge >= 0.3 is 0 Å². The van der Waals surface area contributed by atoms with Crippen LogP contribution in [0.5, 0.6) is 0 Å². The number of nitrogens with zero attached hydrogens (tertiary/aromatic N) is 2. The second-order valence-corrected chi connectivity index (χ2v) is 7.28. The fourth-order valence-electron chi connectivity index (χ4n) is 2.51. The zero-order chi connectivity index (χ0) is 14.0. The van der Waals surface area contributed by atoms with Gasteiger partial charge in [0.25, 0.3) is 9.05 Å². The maximum atomic E-state index is 11.7. The molecule has 0 aromatic carbocycles. The zero-order valence-electron chi connectivity index (χ0n) is 11.2. The van der Waals surface area contributed by atoms with Gasteiger partial charge in [-0.05, 0) is 19.3 Å². The standard InChI is InChI=1S/C12H19ClN2O3S/c1-3-10-12(19(13,16)17)11(4-2)15(14-10)7-9-5-6-18-8-9/h9H,3-8H2,1-2H3. The highest BCUT2D eigenvalue weighted by Gasteiger charge is 2.27. The Balaban J connectivity index is 2.41. The number of aryl methyl sites for hydroxylation is 1. The van der Waals surface area contributed by atoms with Crippen LogP contribution < -0.4 is 0 Å². The van der Waals surface area contributed by atoms with Crippen molar-refractivity contribution in [2.24, 2.45) is 5.92 Å². The summed E-state index contributed by atoms with van der Waals surface area (Å²) in [6, 6.07) is 0. The van der Waals surface area contributed by atoms with Crippen molar-refractivity contribution in [3.05, 3.63) is 11.4 Å². The number of aromatic nitrogens is 2. The molecule has 0 bridgehead atoms. The van der Waals surface area contributed by atoms with Crippen molar-refractivity contribution in [2.75, 3.05) is 13.2 Å². The highest BCUT2D eigenvalue weighted by molar-refractivity contribution is 8.13. The molecular weight excluding hydrogens is 288 g/mol. The molecule has 1 aliphatic rings. The van der Waals surface area contributed by atoms with Gasteiger partial charge in [-0.3, -0.25) is 4.68 Å². The van der Waals surface area contributed by atoms with E-state index in [-0.39, 0.29) is 4.90 Å². The van der Waals surface area contributed by atoms with E-state index < -0.39 is 9.05 Å². The number of hydrogen-bond acceptors (Lipinski definition) is 4.